The minimum absolute atomic E-state index is 0.107. The van der Waals surface area contributed by atoms with E-state index >= 15 is 0 Å². The number of aromatic nitrogens is 3. The maximum atomic E-state index is 12.1. The van der Waals surface area contributed by atoms with Crippen LogP contribution in [0.5, 0.6) is 0 Å². The summed E-state index contributed by atoms with van der Waals surface area (Å²) in [5, 5.41) is 2.98. The van der Waals surface area contributed by atoms with Crippen molar-refractivity contribution in [3.05, 3.63) is 17.8 Å². The van der Waals surface area contributed by atoms with E-state index < -0.39 is 0 Å². The molecular formula is C13H19N5OS. The van der Waals surface area contributed by atoms with Crippen molar-refractivity contribution >= 4 is 28.8 Å². The van der Waals surface area contributed by atoms with Crippen LogP contribution in [0.15, 0.2) is 12.3 Å². The Labute approximate surface area is 122 Å². The molecule has 0 saturated carbocycles. The number of hydrogen-bond donors (Lipinski definition) is 1. The molecule has 0 aliphatic heterocycles. The van der Waals surface area contributed by atoms with Crippen molar-refractivity contribution in [3.8, 4) is 0 Å². The lowest BCUT2D eigenvalue weighted by atomic mass is 10.1. The monoisotopic (exact) mass is 293 g/mol. The van der Waals surface area contributed by atoms with Gasteiger partial charge in [-0.25, -0.2) is 4.98 Å². The molecule has 2 aromatic heterocycles. The Morgan fingerprint density at radius 2 is 2.25 bits per heavy atom. The van der Waals surface area contributed by atoms with E-state index in [9.17, 15) is 4.79 Å². The fraction of sp³-hybridized carbons (Fsp3) is 0.538. The molecule has 0 aliphatic rings. The number of hydrogen-bond acceptors (Lipinski definition) is 6. The average Bonchev–Trinajstić information content (AvgIpc) is 2.85. The fourth-order valence-electron chi connectivity index (χ4n) is 1.90. The van der Waals surface area contributed by atoms with Gasteiger partial charge in [0.2, 0.25) is 0 Å². The highest BCUT2D eigenvalue weighted by Crippen LogP contribution is 2.10. The molecule has 20 heavy (non-hydrogen) atoms. The van der Waals surface area contributed by atoms with Gasteiger partial charge in [-0.3, -0.25) is 4.79 Å². The van der Waals surface area contributed by atoms with E-state index in [1.54, 1.807) is 12.3 Å². The maximum absolute atomic E-state index is 12.1. The second-order valence-electron chi connectivity index (χ2n) is 5.15. The third kappa shape index (κ3) is 3.94. The Hall–Kier alpha value is -1.60. The van der Waals surface area contributed by atoms with Crippen LogP contribution in [0.3, 0.4) is 0 Å². The third-order valence-electron chi connectivity index (χ3n) is 3.00. The standard InChI is InChI=1S/C13H19N5OS/c1-9(5-4-6-18(2)3)15-13(19)10-7-11-12(14-8-10)17-20-16-11/h7-9H,4-6H2,1-3H3,(H,15,19). The van der Waals surface area contributed by atoms with E-state index in [-0.39, 0.29) is 11.9 Å². The minimum atomic E-state index is -0.107. The van der Waals surface area contributed by atoms with Gasteiger partial charge in [0.1, 0.15) is 5.52 Å². The minimum Gasteiger partial charge on any atom is -0.350 e. The van der Waals surface area contributed by atoms with Gasteiger partial charge in [0.05, 0.1) is 17.3 Å². The van der Waals surface area contributed by atoms with Crippen LogP contribution in [0, 0.1) is 0 Å². The molecule has 2 rings (SSSR count). The van der Waals surface area contributed by atoms with Crippen LogP contribution in [0.1, 0.15) is 30.1 Å². The van der Waals surface area contributed by atoms with Crippen LogP contribution in [0.4, 0.5) is 0 Å². The van der Waals surface area contributed by atoms with Gasteiger partial charge in [-0.1, -0.05) is 0 Å². The molecule has 0 spiro atoms. The van der Waals surface area contributed by atoms with Gasteiger partial charge in [0.25, 0.3) is 5.91 Å². The number of fused-ring (bicyclic) bond motifs is 1. The van der Waals surface area contributed by atoms with Gasteiger partial charge >= 0.3 is 0 Å². The van der Waals surface area contributed by atoms with Crippen molar-refractivity contribution in [2.45, 2.75) is 25.8 Å². The molecule has 0 aliphatic carbocycles. The molecule has 0 bridgehead atoms. The Kier molecular flexibility index (Phi) is 4.97. The van der Waals surface area contributed by atoms with Gasteiger partial charge < -0.3 is 10.2 Å². The Bertz CT molecular complexity index is 583. The summed E-state index contributed by atoms with van der Waals surface area (Å²) in [6.45, 7) is 3.04. The van der Waals surface area contributed by atoms with Crippen LogP contribution in [-0.2, 0) is 0 Å². The maximum Gasteiger partial charge on any atom is 0.253 e. The largest absolute Gasteiger partial charge is 0.350 e. The first-order chi connectivity index (χ1) is 9.56. The van der Waals surface area contributed by atoms with E-state index in [1.165, 1.54) is 0 Å². The number of carbonyl (C=O) groups is 1. The summed E-state index contributed by atoms with van der Waals surface area (Å²) >= 11 is 1.10. The molecule has 1 N–H and O–H groups in total. The molecule has 1 unspecified atom stereocenters. The quantitative estimate of drug-likeness (QED) is 0.875. The molecule has 2 aromatic rings. The predicted molar refractivity (Wildman–Crippen MR) is 79.9 cm³/mol. The van der Waals surface area contributed by atoms with Gasteiger partial charge in [-0.15, -0.1) is 0 Å². The topological polar surface area (TPSA) is 71.0 Å². The van der Waals surface area contributed by atoms with Gasteiger partial charge in [-0.2, -0.15) is 8.75 Å². The highest BCUT2D eigenvalue weighted by molar-refractivity contribution is 7.00. The zero-order valence-corrected chi connectivity index (χ0v) is 12.8. The summed E-state index contributed by atoms with van der Waals surface area (Å²) < 4.78 is 8.11. The molecule has 1 atom stereocenters. The SMILES string of the molecule is CC(CCCN(C)C)NC(=O)c1cnc2nsnc2c1. The van der Waals surface area contributed by atoms with Crippen molar-refractivity contribution in [1.82, 2.24) is 23.9 Å². The van der Waals surface area contributed by atoms with Crippen LogP contribution in [-0.4, -0.2) is 51.2 Å². The molecular weight excluding hydrogens is 274 g/mol. The van der Waals surface area contributed by atoms with Gasteiger partial charge in [0, 0.05) is 12.2 Å². The lowest BCUT2D eigenvalue weighted by molar-refractivity contribution is 0.0937. The number of nitrogens with one attached hydrogen (secondary N) is 1. The molecule has 0 aromatic carbocycles. The van der Waals surface area contributed by atoms with Crippen molar-refractivity contribution in [3.63, 3.8) is 0 Å². The van der Waals surface area contributed by atoms with Crippen LogP contribution in [0.2, 0.25) is 0 Å². The Morgan fingerprint density at radius 1 is 1.45 bits per heavy atom. The van der Waals surface area contributed by atoms with Crippen molar-refractivity contribution in [1.29, 1.82) is 0 Å². The molecule has 0 radical (unpaired) electrons. The van der Waals surface area contributed by atoms with E-state index in [0.29, 0.717) is 16.7 Å². The molecule has 0 saturated heterocycles. The molecule has 2 heterocycles. The van der Waals surface area contributed by atoms with Crippen LogP contribution in [0.25, 0.3) is 11.2 Å². The van der Waals surface area contributed by atoms with E-state index in [4.69, 9.17) is 0 Å². The van der Waals surface area contributed by atoms with E-state index in [1.807, 2.05) is 21.0 Å². The normalized spacial score (nSPS) is 12.8. The van der Waals surface area contributed by atoms with Crippen molar-refractivity contribution in [2.24, 2.45) is 0 Å². The van der Waals surface area contributed by atoms with Crippen molar-refractivity contribution < 1.29 is 4.79 Å². The summed E-state index contributed by atoms with van der Waals surface area (Å²) in [4.78, 5) is 18.4. The summed E-state index contributed by atoms with van der Waals surface area (Å²) in [6.07, 6.45) is 3.56. The molecule has 6 nitrogen and oxygen atoms in total. The first-order valence-corrected chi connectivity index (χ1v) is 7.33. The number of nitrogens with zero attached hydrogens (tertiary/aromatic N) is 4. The Balaban J connectivity index is 1.90. The predicted octanol–water partition coefficient (Wildman–Crippen LogP) is 1.55. The van der Waals surface area contributed by atoms with Gasteiger partial charge in [0.15, 0.2) is 5.65 Å². The lowest BCUT2D eigenvalue weighted by Gasteiger charge is -2.15. The second kappa shape index (κ2) is 6.71. The number of rotatable bonds is 6. The summed E-state index contributed by atoms with van der Waals surface area (Å²) in [5.74, 6) is -0.107. The fourth-order valence-corrected chi connectivity index (χ4v) is 2.38. The first-order valence-electron chi connectivity index (χ1n) is 6.60. The molecule has 0 fully saturated rings. The van der Waals surface area contributed by atoms with Gasteiger partial charge in [-0.05, 0) is 46.5 Å². The smallest absolute Gasteiger partial charge is 0.253 e. The number of carbonyl (C=O) groups excluding carboxylic acids is 1. The van der Waals surface area contributed by atoms with Crippen LogP contribution >= 0.6 is 11.7 Å². The molecule has 1 amide bonds. The Morgan fingerprint density at radius 3 is 3.00 bits per heavy atom. The second-order valence-corrected chi connectivity index (χ2v) is 5.68. The first kappa shape index (κ1) is 14.8. The van der Waals surface area contributed by atoms with Crippen molar-refractivity contribution in [2.75, 3.05) is 20.6 Å². The van der Waals surface area contributed by atoms with E-state index in [2.05, 4.69) is 23.9 Å². The molecule has 108 valence electrons. The zero-order valence-electron chi connectivity index (χ0n) is 12.0. The number of amides is 1. The highest BCUT2D eigenvalue weighted by atomic mass is 32.1. The average molecular weight is 293 g/mol. The highest BCUT2D eigenvalue weighted by Gasteiger charge is 2.12. The third-order valence-corrected chi connectivity index (χ3v) is 3.53. The lowest BCUT2D eigenvalue weighted by Crippen LogP contribution is -2.33. The molecule has 7 heteroatoms. The van der Waals surface area contributed by atoms with E-state index in [0.717, 1.165) is 31.1 Å². The van der Waals surface area contributed by atoms with Crippen LogP contribution < -0.4 is 5.32 Å². The zero-order chi connectivity index (χ0) is 14.5. The summed E-state index contributed by atoms with van der Waals surface area (Å²) in [6, 6.07) is 1.87. The number of pyridine rings is 1. The summed E-state index contributed by atoms with van der Waals surface area (Å²) in [5.41, 5.74) is 1.79. The summed E-state index contributed by atoms with van der Waals surface area (Å²) in [7, 11) is 4.10.